The minimum absolute atomic E-state index is 0.0432. The Hall–Kier alpha value is -1.34. The van der Waals surface area contributed by atoms with Gasteiger partial charge in [0.2, 0.25) is 5.91 Å². The number of para-hydroxylation sites is 1. The molecule has 1 aromatic rings. The second kappa shape index (κ2) is 6.04. The number of fused-ring (bicyclic) bond motifs is 1. The SMILES string of the molecule is CCCC(=O)N=C1S[C@@H]2CS(=O)(=O)C[C@@H]2N1c1ccccc1. The van der Waals surface area contributed by atoms with Crippen LogP contribution in [0.15, 0.2) is 35.3 Å². The fourth-order valence-corrected chi connectivity index (χ4v) is 6.76. The molecule has 1 aromatic carbocycles. The molecule has 3 rings (SSSR count). The lowest BCUT2D eigenvalue weighted by atomic mass is 10.2. The first-order valence-electron chi connectivity index (χ1n) is 7.33. The number of carbonyl (C=O) groups is 1. The van der Waals surface area contributed by atoms with E-state index in [1.54, 1.807) is 0 Å². The highest BCUT2D eigenvalue weighted by atomic mass is 32.2. The molecule has 2 fully saturated rings. The van der Waals surface area contributed by atoms with Crippen molar-refractivity contribution in [1.82, 2.24) is 0 Å². The molecule has 7 heteroatoms. The van der Waals surface area contributed by atoms with E-state index in [0.717, 1.165) is 12.1 Å². The lowest BCUT2D eigenvalue weighted by molar-refractivity contribution is -0.117. The third kappa shape index (κ3) is 3.05. The first-order valence-corrected chi connectivity index (χ1v) is 10.0. The molecule has 1 amide bonds. The maximum atomic E-state index is 11.9. The van der Waals surface area contributed by atoms with Crippen LogP contribution in [0, 0.1) is 0 Å². The van der Waals surface area contributed by atoms with Crippen molar-refractivity contribution >= 4 is 38.4 Å². The van der Waals surface area contributed by atoms with Crippen molar-refractivity contribution in [2.45, 2.75) is 31.1 Å². The smallest absolute Gasteiger partial charge is 0.248 e. The molecule has 0 saturated carbocycles. The highest BCUT2D eigenvalue weighted by molar-refractivity contribution is 8.16. The highest BCUT2D eigenvalue weighted by Crippen LogP contribution is 2.40. The number of sulfone groups is 1. The number of hydrogen-bond donors (Lipinski definition) is 0. The molecule has 22 heavy (non-hydrogen) atoms. The number of hydrogen-bond acceptors (Lipinski definition) is 4. The van der Waals surface area contributed by atoms with Crippen LogP contribution in [0.2, 0.25) is 0 Å². The molecule has 0 spiro atoms. The molecule has 0 aromatic heterocycles. The van der Waals surface area contributed by atoms with Crippen LogP contribution in [0.1, 0.15) is 19.8 Å². The molecular weight excluding hydrogens is 320 g/mol. The minimum Gasteiger partial charge on any atom is -0.316 e. The Kier molecular flexibility index (Phi) is 4.27. The number of thioether (sulfide) groups is 1. The molecule has 2 aliphatic rings. The van der Waals surface area contributed by atoms with E-state index in [4.69, 9.17) is 0 Å². The summed E-state index contributed by atoms with van der Waals surface area (Å²) >= 11 is 1.42. The van der Waals surface area contributed by atoms with Gasteiger partial charge in [0.25, 0.3) is 0 Å². The quantitative estimate of drug-likeness (QED) is 0.844. The average Bonchev–Trinajstić information content (AvgIpc) is 2.91. The predicted molar refractivity (Wildman–Crippen MR) is 90.1 cm³/mol. The van der Waals surface area contributed by atoms with E-state index in [0.29, 0.717) is 11.6 Å². The minimum atomic E-state index is -3.01. The maximum absolute atomic E-state index is 11.9. The molecule has 0 unspecified atom stereocenters. The number of carbonyl (C=O) groups excluding carboxylic acids is 1. The molecule has 2 saturated heterocycles. The first kappa shape index (κ1) is 15.6. The van der Waals surface area contributed by atoms with Crippen LogP contribution in [0.4, 0.5) is 5.69 Å². The Morgan fingerprint density at radius 2 is 2.05 bits per heavy atom. The summed E-state index contributed by atoms with van der Waals surface area (Å²) in [4.78, 5) is 18.0. The van der Waals surface area contributed by atoms with Crippen LogP contribution in [0.3, 0.4) is 0 Å². The van der Waals surface area contributed by atoms with Gasteiger partial charge in [0.1, 0.15) is 0 Å². The van der Waals surface area contributed by atoms with Gasteiger partial charge < -0.3 is 4.90 Å². The van der Waals surface area contributed by atoms with Crippen molar-refractivity contribution in [1.29, 1.82) is 0 Å². The highest BCUT2D eigenvalue weighted by Gasteiger charge is 2.49. The molecular formula is C15H18N2O3S2. The van der Waals surface area contributed by atoms with Gasteiger partial charge in [-0.25, -0.2) is 8.42 Å². The fourth-order valence-electron chi connectivity index (χ4n) is 2.83. The molecule has 0 radical (unpaired) electrons. The molecule has 5 nitrogen and oxygen atoms in total. The van der Waals surface area contributed by atoms with Crippen molar-refractivity contribution in [3.05, 3.63) is 30.3 Å². The van der Waals surface area contributed by atoms with Crippen LogP contribution in [-0.2, 0) is 14.6 Å². The molecule has 0 N–H and O–H groups in total. The third-order valence-electron chi connectivity index (χ3n) is 3.79. The van der Waals surface area contributed by atoms with Crippen LogP contribution < -0.4 is 4.90 Å². The van der Waals surface area contributed by atoms with E-state index in [9.17, 15) is 13.2 Å². The van der Waals surface area contributed by atoms with Gasteiger partial charge in [-0.05, 0) is 18.6 Å². The summed E-state index contributed by atoms with van der Waals surface area (Å²) in [5.74, 6) is 0.140. The van der Waals surface area contributed by atoms with Crippen molar-refractivity contribution in [2.24, 2.45) is 4.99 Å². The Morgan fingerprint density at radius 3 is 2.73 bits per heavy atom. The van der Waals surface area contributed by atoms with Crippen LogP contribution >= 0.6 is 11.8 Å². The molecule has 2 atom stereocenters. The van der Waals surface area contributed by atoms with Gasteiger partial charge in [0.05, 0.1) is 17.5 Å². The van der Waals surface area contributed by atoms with E-state index in [1.807, 2.05) is 42.2 Å². The monoisotopic (exact) mass is 338 g/mol. The van der Waals surface area contributed by atoms with Gasteiger partial charge in [0.15, 0.2) is 15.0 Å². The topological polar surface area (TPSA) is 66.8 Å². The van der Waals surface area contributed by atoms with Crippen LogP contribution in [0.25, 0.3) is 0 Å². The number of nitrogens with zero attached hydrogens (tertiary/aromatic N) is 2. The zero-order chi connectivity index (χ0) is 15.7. The van der Waals surface area contributed by atoms with Gasteiger partial charge in [-0.2, -0.15) is 4.99 Å². The summed E-state index contributed by atoms with van der Waals surface area (Å²) in [6, 6.07) is 9.44. The average molecular weight is 338 g/mol. The van der Waals surface area contributed by atoms with Gasteiger partial charge in [0, 0.05) is 17.4 Å². The summed E-state index contributed by atoms with van der Waals surface area (Å²) in [5.41, 5.74) is 0.891. The van der Waals surface area contributed by atoms with Gasteiger partial charge >= 0.3 is 0 Å². The number of benzene rings is 1. The maximum Gasteiger partial charge on any atom is 0.248 e. The summed E-state index contributed by atoms with van der Waals surface area (Å²) < 4.78 is 23.8. The van der Waals surface area contributed by atoms with Crippen LogP contribution in [-0.4, -0.2) is 42.3 Å². The van der Waals surface area contributed by atoms with Gasteiger partial charge in [-0.3, -0.25) is 4.79 Å². The largest absolute Gasteiger partial charge is 0.316 e. The normalized spacial score (nSPS) is 28.0. The summed E-state index contributed by atoms with van der Waals surface area (Å²) in [6.07, 6.45) is 1.17. The van der Waals surface area contributed by atoms with E-state index in [1.165, 1.54) is 11.8 Å². The van der Waals surface area contributed by atoms with Gasteiger partial charge in [-0.1, -0.05) is 36.9 Å². The predicted octanol–water partition coefficient (Wildman–Crippen LogP) is 2.09. The summed E-state index contributed by atoms with van der Waals surface area (Å²) in [5, 5.41) is 0.591. The van der Waals surface area contributed by atoms with E-state index >= 15 is 0 Å². The van der Waals surface area contributed by atoms with Crippen molar-refractivity contribution in [3.63, 3.8) is 0 Å². The number of amidine groups is 1. The molecule has 118 valence electrons. The van der Waals surface area contributed by atoms with E-state index < -0.39 is 9.84 Å². The lowest BCUT2D eigenvalue weighted by Gasteiger charge is -2.24. The molecule has 0 bridgehead atoms. The Bertz CT molecular complexity index is 701. The van der Waals surface area contributed by atoms with Crippen molar-refractivity contribution < 1.29 is 13.2 Å². The Labute approximate surface area is 134 Å². The number of aliphatic imine (C=N–C) groups is 1. The summed E-state index contributed by atoms with van der Waals surface area (Å²) in [7, 11) is -3.01. The second-order valence-electron chi connectivity index (χ2n) is 5.54. The first-order chi connectivity index (χ1) is 10.5. The van der Waals surface area contributed by atoms with Gasteiger partial charge in [-0.15, -0.1) is 0 Å². The third-order valence-corrected chi connectivity index (χ3v) is 6.99. The lowest BCUT2D eigenvalue weighted by Crippen LogP contribution is -2.37. The summed E-state index contributed by atoms with van der Waals surface area (Å²) in [6.45, 7) is 1.94. The number of anilines is 1. The zero-order valence-electron chi connectivity index (χ0n) is 12.3. The van der Waals surface area contributed by atoms with E-state index in [-0.39, 0.29) is 28.7 Å². The number of rotatable bonds is 3. The Morgan fingerprint density at radius 1 is 1.32 bits per heavy atom. The van der Waals surface area contributed by atoms with Crippen LogP contribution in [0.5, 0.6) is 0 Å². The fraction of sp³-hybridized carbons (Fsp3) is 0.467. The number of amides is 1. The van der Waals surface area contributed by atoms with Crippen molar-refractivity contribution in [2.75, 3.05) is 16.4 Å². The second-order valence-corrected chi connectivity index (χ2v) is 8.90. The van der Waals surface area contributed by atoms with Crippen molar-refractivity contribution in [3.8, 4) is 0 Å². The zero-order valence-corrected chi connectivity index (χ0v) is 13.9. The molecule has 2 aliphatic heterocycles. The van der Waals surface area contributed by atoms with E-state index in [2.05, 4.69) is 4.99 Å². The Balaban J connectivity index is 1.96. The standard InChI is InChI=1S/C15H18N2O3S2/c1-2-6-14(18)16-15-17(11-7-4-3-5-8-11)12-9-22(19,20)10-13(12)21-15/h3-5,7-8,12-13H,2,6,9-10H2,1H3/t12-,13+/m0/s1. The molecule has 2 heterocycles. The molecule has 0 aliphatic carbocycles.